The maximum atomic E-state index is 15.7. The molecular formula is C23H22F2N2O3. The first kappa shape index (κ1) is 21.1. The molecule has 0 aliphatic carbocycles. The number of amidine groups is 1. The molecule has 5 nitrogen and oxygen atoms in total. The molecule has 0 spiro atoms. The number of nitrogens with zero attached hydrogens (tertiary/aromatic N) is 1. The van der Waals surface area contributed by atoms with Crippen LogP contribution in [0, 0.1) is 11.6 Å². The Morgan fingerprint density at radius 2 is 1.77 bits per heavy atom. The van der Waals surface area contributed by atoms with Crippen molar-refractivity contribution in [2.75, 3.05) is 7.11 Å². The van der Waals surface area contributed by atoms with E-state index in [1.54, 1.807) is 12.1 Å². The van der Waals surface area contributed by atoms with E-state index in [0.29, 0.717) is 29.7 Å². The average Bonchev–Trinajstić information content (AvgIpc) is 2.75. The molecule has 0 heterocycles. The first-order chi connectivity index (χ1) is 14.4. The second-order valence-electron chi connectivity index (χ2n) is 6.77. The van der Waals surface area contributed by atoms with Gasteiger partial charge in [-0.25, -0.2) is 8.78 Å². The van der Waals surface area contributed by atoms with E-state index in [4.69, 9.17) is 10.5 Å². The minimum Gasteiger partial charge on any atom is -0.508 e. The van der Waals surface area contributed by atoms with Crippen LogP contribution in [0.4, 0.5) is 8.78 Å². The van der Waals surface area contributed by atoms with Crippen LogP contribution in [0.1, 0.15) is 24.5 Å². The highest BCUT2D eigenvalue weighted by molar-refractivity contribution is 6.07. The van der Waals surface area contributed by atoms with Crippen molar-refractivity contribution >= 4 is 5.84 Å². The predicted molar refractivity (Wildman–Crippen MR) is 112 cm³/mol. The highest BCUT2D eigenvalue weighted by atomic mass is 19.1. The zero-order chi connectivity index (χ0) is 21.8. The number of oxime groups is 1. The van der Waals surface area contributed by atoms with Crippen LogP contribution in [0.15, 0.2) is 53.7 Å². The lowest BCUT2D eigenvalue weighted by molar-refractivity contribution is 0.318. The Balaban J connectivity index is 2.51. The fraction of sp³-hybridized carbons (Fsp3) is 0.174. The summed E-state index contributed by atoms with van der Waals surface area (Å²) < 4.78 is 35.3. The number of methoxy groups -OCH3 is 1. The van der Waals surface area contributed by atoms with E-state index in [-0.39, 0.29) is 33.8 Å². The standard InChI is InChI=1S/C23H22F2N2O3/c1-3-4-14-11-18(23(26)27-29)21(17-12-15(24)7-10-19(17)30-2)20(22(14)25)13-5-8-16(28)9-6-13/h5-12,28-29H,3-4H2,1-2H3,(H2,26,27). The molecule has 3 rings (SSSR count). The molecule has 7 heteroatoms. The fourth-order valence-corrected chi connectivity index (χ4v) is 3.48. The summed E-state index contributed by atoms with van der Waals surface area (Å²) in [6, 6.07) is 11.3. The lowest BCUT2D eigenvalue weighted by atomic mass is 9.86. The molecule has 0 aliphatic rings. The molecule has 0 unspecified atom stereocenters. The summed E-state index contributed by atoms with van der Waals surface area (Å²) in [5, 5.41) is 22.1. The molecule has 0 atom stereocenters. The lowest BCUT2D eigenvalue weighted by Crippen LogP contribution is -2.17. The third-order valence-corrected chi connectivity index (χ3v) is 4.83. The first-order valence-corrected chi connectivity index (χ1v) is 9.37. The Labute approximate surface area is 173 Å². The van der Waals surface area contributed by atoms with Crippen molar-refractivity contribution in [3.8, 4) is 33.8 Å². The van der Waals surface area contributed by atoms with E-state index in [1.807, 2.05) is 6.92 Å². The maximum Gasteiger partial charge on any atom is 0.170 e. The van der Waals surface area contributed by atoms with Crippen molar-refractivity contribution in [1.82, 2.24) is 0 Å². The molecule has 4 N–H and O–H groups in total. The number of aromatic hydroxyl groups is 1. The van der Waals surface area contributed by atoms with Gasteiger partial charge in [-0.15, -0.1) is 0 Å². The second-order valence-corrected chi connectivity index (χ2v) is 6.77. The largest absolute Gasteiger partial charge is 0.508 e. The summed E-state index contributed by atoms with van der Waals surface area (Å²) in [5.41, 5.74) is 7.64. The number of halogens is 2. The van der Waals surface area contributed by atoms with Crippen molar-refractivity contribution in [2.45, 2.75) is 19.8 Å². The van der Waals surface area contributed by atoms with Crippen molar-refractivity contribution in [3.63, 3.8) is 0 Å². The van der Waals surface area contributed by atoms with Crippen LogP contribution in [-0.2, 0) is 6.42 Å². The SMILES string of the molecule is CCCc1cc(/C(N)=N/O)c(-c2cc(F)ccc2OC)c(-c2ccc(O)cc2)c1F. The third-order valence-electron chi connectivity index (χ3n) is 4.83. The Bertz CT molecular complexity index is 1100. The summed E-state index contributed by atoms with van der Waals surface area (Å²) in [6.07, 6.45) is 1.09. The zero-order valence-corrected chi connectivity index (χ0v) is 16.6. The molecule has 0 aromatic heterocycles. The van der Waals surface area contributed by atoms with E-state index in [1.165, 1.54) is 43.5 Å². The van der Waals surface area contributed by atoms with Gasteiger partial charge in [0.25, 0.3) is 0 Å². The molecule has 0 aliphatic heterocycles. The molecule has 0 fully saturated rings. The molecule has 0 radical (unpaired) electrons. The number of rotatable bonds is 6. The van der Waals surface area contributed by atoms with E-state index in [0.717, 1.165) is 0 Å². The predicted octanol–water partition coefficient (Wildman–Crippen LogP) is 5.06. The Morgan fingerprint density at radius 3 is 2.37 bits per heavy atom. The van der Waals surface area contributed by atoms with E-state index in [9.17, 15) is 14.7 Å². The minimum absolute atomic E-state index is 0.0189. The smallest absolute Gasteiger partial charge is 0.170 e. The Morgan fingerprint density at radius 1 is 1.07 bits per heavy atom. The molecule has 0 saturated carbocycles. The number of hydrogen-bond donors (Lipinski definition) is 3. The second kappa shape index (κ2) is 8.82. The summed E-state index contributed by atoms with van der Waals surface area (Å²) in [6.45, 7) is 1.91. The number of benzene rings is 3. The first-order valence-electron chi connectivity index (χ1n) is 9.37. The molecule has 0 saturated heterocycles. The van der Waals surface area contributed by atoms with Crippen LogP contribution in [0.2, 0.25) is 0 Å². The molecule has 0 amide bonds. The van der Waals surface area contributed by atoms with Gasteiger partial charge in [0.1, 0.15) is 23.1 Å². The number of phenols is 1. The Kier molecular flexibility index (Phi) is 6.20. The summed E-state index contributed by atoms with van der Waals surface area (Å²) >= 11 is 0. The summed E-state index contributed by atoms with van der Waals surface area (Å²) in [5.74, 6) is -0.977. The average molecular weight is 412 g/mol. The van der Waals surface area contributed by atoms with Gasteiger partial charge in [-0.3, -0.25) is 0 Å². The van der Waals surface area contributed by atoms with Gasteiger partial charge in [-0.05, 0) is 53.9 Å². The van der Waals surface area contributed by atoms with Crippen LogP contribution < -0.4 is 10.5 Å². The van der Waals surface area contributed by atoms with Crippen LogP contribution in [0.5, 0.6) is 11.5 Å². The summed E-state index contributed by atoms with van der Waals surface area (Å²) in [7, 11) is 1.42. The number of nitrogens with two attached hydrogens (primary N) is 1. The van der Waals surface area contributed by atoms with Gasteiger partial charge in [0.05, 0.1) is 7.11 Å². The van der Waals surface area contributed by atoms with Crippen LogP contribution in [0.25, 0.3) is 22.3 Å². The van der Waals surface area contributed by atoms with Gasteiger partial charge >= 0.3 is 0 Å². The fourth-order valence-electron chi connectivity index (χ4n) is 3.48. The van der Waals surface area contributed by atoms with Crippen LogP contribution >= 0.6 is 0 Å². The minimum atomic E-state index is -0.550. The molecule has 0 bridgehead atoms. The highest BCUT2D eigenvalue weighted by Gasteiger charge is 2.25. The normalized spacial score (nSPS) is 11.5. The molecule has 30 heavy (non-hydrogen) atoms. The number of ether oxygens (including phenoxy) is 1. The lowest BCUT2D eigenvalue weighted by Gasteiger charge is -2.20. The van der Waals surface area contributed by atoms with Gasteiger partial charge in [0.2, 0.25) is 0 Å². The molecule has 3 aromatic rings. The van der Waals surface area contributed by atoms with Gasteiger partial charge < -0.3 is 20.8 Å². The topological polar surface area (TPSA) is 88.1 Å². The monoisotopic (exact) mass is 412 g/mol. The number of hydrogen-bond acceptors (Lipinski definition) is 4. The van der Waals surface area contributed by atoms with Crippen molar-refractivity contribution in [3.05, 3.63) is 71.3 Å². The quantitative estimate of drug-likeness (QED) is 0.229. The van der Waals surface area contributed by atoms with Gasteiger partial charge in [-0.2, -0.15) is 0 Å². The molecule has 156 valence electrons. The molecule has 3 aromatic carbocycles. The highest BCUT2D eigenvalue weighted by Crippen LogP contribution is 2.43. The Hall–Kier alpha value is -3.61. The van der Waals surface area contributed by atoms with Gasteiger partial charge in [0, 0.05) is 22.3 Å². The van der Waals surface area contributed by atoms with Crippen molar-refractivity contribution < 1.29 is 23.8 Å². The summed E-state index contributed by atoms with van der Waals surface area (Å²) in [4.78, 5) is 0. The number of aryl methyl sites for hydroxylation is 1. The van der Waals surface area contributed by atoms with Gasteiger partial charge in [-0.1, -0.05) is 30.6 Å². The third kappa shape index (κ3) is 3.91. The zero-order valence-electron chi connectivity index (χ0n) is 16.6. The van der Waals surface area contributed by atoms with Crippen LogP contribution in [0.3, 0.4) is 0 Å². The van der Waals surface area contributed by atoms with E-state index >= 15 is 4.39 Å². The van der Waals surface area contributed by atoms with E-state index < -0.39 is 11.6 Å². The van der Waals surface area contributed by atoms with E-state index in [2.05, 4.69) is 5.16 Å². The van der Waals surface area contributed by atoms with Crippen molar-refractivity contribution in [1.29, 1.82) is 0 Å². The van der Waals surface area contributed by atoms with Crippen LogP contribution in [-0.4, -0.2) is 23.3 Å². The number of phenolic OH excluding ortho intramolecular Hbond substituents is 1. The van der Waals surface area contributed by atoms with Gasteiger partial charge in [0.15, 0.2) is 5.84 Å². The van der Waals surface area contributed by atoms with Crippen molar-refractivity contribution in [2.24, 2.45) is 10.9 Å². The molecular weight excluding hydrogens is 390 g/mol. The maximum absolute atomic E-state index is 15.7.